The minimum atomic E-state index is -0.102. The van der Waals surface area contributed by atoms with Crippen molar-refractivity contribution in [3.8, 4) is 0 Å². The number of halogens is 1. The van der Waals surface area contributed by atoms with Crippen molar-refractivity contribution in [1.29, 1.82) is 0 Å². The molecule has 0 radical (unpaired) electrons. The second-order valence-corrected chi connectivity index (χ2v) is 5.90. The Balaban J connectivity index is 1.71. The molecule has 3 heterocycles. The second-order valence-electron chi connectivity index (χ2n) is 5.46. The van der Waals surface area contributed by atoms with Crippen LogP contribution in [0.4, 0.5) is 5.69 Å². The first-order valence-corrected chi connectivity index (χ1v) is 7.59. The average molecular weight is 312 g/mol. The minimum Gasteiger partial charge on any atom is -0.365 e. The summed E-state index contributed by atoms with van der Waals surface area (Å²) in [5.41, 5.74) is 3.89. The molecular weight excluding hydrogens is 298 g/mol. The number of pyridine rings is 1. The van der Waals surface area contributed by atoms with Crippen molar-refractivity contribution in [2.45, 2.75) is 13.0 Å². The third-order valence-corrected chi connectivity index (χ3v) is 4.24. The third kappa shape index (κ3) is 2.25. The van der Waals surface area contributed by atoms with Crippen LogP contribution in [0.15, 0.2) is 53.5 Å². The normalized spacial score (nSPS) is 13.6. The molecule has 0 aliphatic carbocycles. The molecule has 5 heteroatoms. The zero-order valence-electron chi connectivity index (χ0n) is 11.9. The SMILES string of the molecule is O=c1cc(CN2CCc3ccccc32)nc2ccc(Cl)cn12. The molecule has 0 bridgehead atoms. The molecule has 1 aromatic carbocycles. The van der Waals surface area contributed by atoms with Gasteiger partial charge >= 0.3 is 0 Å². The lowest BCUT2D eigenvalue weighted by Gasteiger charge is -2.19. The molecular formula is C17H14ClN3O. The molecule has 0 saturated carbocycles. The molecule has 2 aromatic heterocycles. The Morgan fingerprint density at radius 3 is 2.95 bits per heavy atom. The van der Waals surface area contributed by atoms with Gasteiger partial charge in [0.25, 0.3) is 5.56 Å². The standard InChI is InChI=1S/C17H14ClN3O/c18-13-5-6-16-19-14(9-17(22)21(16)10-13)11-20-8-7-12-3-1-2-4-15(12)20/h1-6,9-10H,7-8,11H2. The van der Waals surface area contributed by atoms with E-state index in [1.54, 1.807) is 24.4 Å². The predicted octanol–water partition coefficient (Wildman–Crippen LogP) is 2.91. The lowest BCUT2D eigenvalue weighted by molar-refractivity contribution is 0.808. The molecule has 0 amide bonds. The van der Waals surface area contributed by atoms with Crippen LogP contribution in [0.2, 0.25) is 5.02 Å². The number of nitrogens with zero attached hydrogens (tertiary/aromatic N) is 3. The Bertz CT molecular complexity index is 919. The molecule has 22 heavy (non-hydrogen) atoms. The lowest BCUT2D eigenvalue weighted by atomic mass is 10.2. The Labute approximate surface area is 132 Å². The van der Waals surface area contributed by atoms with Crippen molar-refractivity contribution in [2.24, 2.45) is 0 Å². The smallest absolute Gasteiger partial charge is 0.258 e. The van der Waals surface area contributed by atoms with Gasteiger partial charge in [0.15, 0.2) is 0 Å². The van der Waals surface area contributed by atoms with Crippen LogP contribution in [0.3, 0.4) is 0 Å². The summed E-state index contributed by atoms with van der Waals surface area (Å²) in [5, 5.41) is 0.526. The number of rotatable bonds is 2. The van der Waals surface area contributed by atoms with E-state index in [0.29, 0.717) is 17.2 Å². The molecule has 0 unspecified atom stereocenters. The van der Waals surface area contributed by atoms with Crippen LogP contribution in [0.25, 0.3) is 5.65 Å². The van der Waals surface area contributed by atoms with Gasteiger partial charge in [-0.05, 0) is 30.2 Å². The van der Waals surface area contributed by atoms with Crippen LogP contribution in [0, 0.1) is 0 Å². The van der Waals surface area contributed by atoms with Crippen molar-refractivity contribution in [1.82, 2.24) is 9.38 Å². The number of hydrogen-bond acceptors (Lipinski definition) is 3. The van der Waals surface area contributed by atoms with Crippen molar-refractivity contribution in [3.05, 3.63) is 75.3 Å². The van der Waals surface area contributed by atoms with E-state index in [-0.39, 0.29) is 5.56 Å². The number of benzene rings is 1. The number of para-hydroxylation sites is 1. The lowest BCUT2D eigenvalue weighted by Crippen LogP contribution is -2.23. The molecule has 1 aliphatic rings. The van der Waals surface area contributed by atoms with Gasteiger partial charge in [-0.15, -0.1) is 0 Å². The van der Waals surface area contributed by atoms with E-state index < -0.39 is 0 Å². The van der Waals surface area contributed by atoms with Crippen LogP contribution in [0.5, 0.6) is 0 Å². The monoisotopic (exact) mass is 311 g/mol. The maximum atomic E-state index is 12.2. The first-order chi connectivity index (χ1) is 10.7. The molecule has 0 atom stereocenters. The average Bonchev–Trinajstić information content (AvgIpc) is 2.92. The van der Waals surface area contributed by atoms with E-state index in [4.69, 9.17) is 11.6 Å². The van der Waals surface area contributed by atoms with E-state index in [1.807, 2.05) is 6.07 Å². The Morgan fingerprint density at radius 1 is 1.18 bits per heavy atom. The Morgan fingerprint density at radius 2 is 2.05 bits per heavy atom. The van der Waals surface area contributed by atoms with Gasteiger partial charge in [-0.2, -0.15) is 0 Å². The van der Waals surface area contributed by atoms with E-state index in [9.17, 15) is 4.79 Å². The summed E-state index contributed by atoms with van der Waals surface area (Å²) in [4.78, 5) is 19.1. The van der Waals surface area contributed by atoms with Crippen molar-refractivity contribution in [2.75, 3.05) is 11.4 Å². The summed E-state index contributed by atoms with van der Waals surface area (Å²) in [6.07, 6.45) is 2.64. The topological polar surface area (TPSA) is 37.6 Å². The van der Waals surface area contributed by atoms with Crippen LogP contribution in [-0.4, -0.2) is 15.9 Å². The van der Waals surface area contributed by atoms with Crippen LogP contribution >= 0.6 is 11.6 Å². The largest absolute Gasteiger partial charge is 0.365 e. The fourth-order valence-electron chi connectivity index (χ4n) is 2.97. The third-order valence-electron chi connectivity index (χ3n) is 4.01. The summed E-state index contributed by atoms with van der Waals surface area (Å²) >= 11 is 5.93. The summed E-state index contributed by atoms with van der Waals surface area (Å²) < 4.78 is 1.48. The zero-order chi connectivity index (χ0) is 15.1. The highest BCUT2D eigenvalue weighted by Crippen LogP contribution is 2.28. The van der Waals surface area contributed by atoms with Gasteiger partial charge in [-0.3, -0.25) is 9.20 Å². The van der Waals surface area contributed by atoms with Gasteiger partial charge in [-0.25, -0.2) is 4.98 Å². The number of fused-ring (bicyclic) bond motifs is 2. The summed E-state index contributed by atoms with van der Waals surface area (Å²) in [6, 6.07) is 13.5. The molecule has 4 rings (SSSR count). The minimum absolute atomic E-state index is 0.102. The zero-order valence-corrected chi connectivity index (χ0v) is 12.6. The van der Waals surface area contributed by atoms with Crippen LogP contribution < -0.4 is 10.5 Å². The Kier molecular flexibility index (Phi) is 3.12. The van der Waals surface area contributed by atoms with E-state index in [2.05, 4.69) is 28.1 Å². The van der Waals surface area contributed by atoms with Crippen molar-refractivity contribution >= 4 is 22.9 Å². The van der Waals surface area contributed by atoms with E-state index in [1.165, 1.54) is 15.7 Å². The molecule has 1 aliphatic heterocycles. The molecule has 0 N–H and O–H groups in total. The fraction of sp³-hybridized carbons (Fsp3) is 0.176. The second kappa shape index (κ2) is 5.14. The molecule has 110 valence electrons. The number of anilines is 1. The maximum absolute atomic E-state index is 12.2. The van der Waals surface area contributed by atoms with Gasteiger partial charge in [0, 0.05) is 24.5 Å². The summed E-state index contributed by atoms with van der Waals surface area (Å²) in [6.45, 7) is 1.60. The molecule has 4 nitrogen and oxygen atoms in total. The first-order valence-electron chi connectivity index (χ1n) is 7.21. The Hall–Kier alpha value is -2.33. The van der Waals surface area contributed by atoms with Gasteiger partial charge in [0.2, 0.25) is 0 Å². The molecule has 0 spiro atoms. The summed E-state index contributed by atoms with van der Waals surface area (Å²) in [7, 11) is 0. The highest BCUT2D eigenvalue weighted by molar-refractivity contribution is 6.30. The van der Waals surface area contributed by atoms with Gasteiger partial charge in [0.1, 0.15) is 5.65 Å². The van der Waals surface area contributed by atoms with Gasteiger partial charge in [0.05, 0.1) is 17.3 Å². The molecule has 3 aromatic rings. The van der Waals surface area contributed by atoms with Crippen molar-refractivity contribution < 1.29 is 0 Å². The van der Waals surface area contributed by atoms with E-state index >= 15 is 0 Å². The van der Waals surface area contributed by atoms with Crippen LogP contribution in [0.1, 0.15) is 11.3 Å². The van der Waals surface area contributed by atoms with Gasteiger partial charge < -0.3 is 4.90 Å². The predicted molar refractivity (Wildman–Crippen MR) is 87.7 cm³/mol. The molecule has 0 fully saturated rings. The number of aromatic nitrogens is 2. The molecule has 0 saturated heterocycles. The first kappa shape index (κ1) is 13.3. The van der Waals surface area contributed by atoms with Crippen molar-refractivity contribution in [3.63, 3.8) is 0 Å². The number of hydrogen-bond donors (Lipinski definition) is 0. The maximum Gasteiger partial charge on any atom is 0.258 e. The highest BCUT2D eigenvalue weighted by atomic mass is 35.5. The quantitative estimate of drug-likeness (QED) is 0.730. The fourth-order valence-corrected chi connectivity index (χ4v) is 3.13. The highest BCUT2D eigenvalue weighted by Gasteiger charge is 2.19. The van der Waals surface area contributed by atoms with Crippen LogP contribution in [-0.2, 0) is 13.0 Å². The van der Waals surface area contributed by atoms with E-state index in [0.717, 1.165) is 18.7 Å². The summed E-state index contributed by atoms with van der Waals surface area (Å²) in [5.74, 6) is 0. The van der Waals surface area contributed by atoms with Gasteiger partial charge in [-0.1, -0.05) is 29.8 Å².